The highest BCUT2D eigenvalue weighted by atomic mass is 16.2. The number of pyridine rings is 1. The van der Waals surface area contributed by atoms with Crippen molar-refractivity contribution in [3.05, 3.63) is 42.8 Å². The van der Waals surface area contributed by atoms with Gasteiger partial charge in [-0.25, -0.2) is 4.79 Å². The van der Waals surface area contributed by atoms with Crippen LogP contribution in [-0.4, -0.2) is 14.5 Å². The smallest absolute Gasteiger partial charge is 0.327 e. The lowest BCUT2D eigenvalue weighted by Crippen LogP contribution is -2.29. The Morgan fingerprint density at radius 2 is 1.76 bits per heavy atom. The number of H-pyrrole nitrogens is 2. The summed E-state index contributed by atoms with van der Waals surface area (Å²) in [6.07, 6.45) is 4.66. The molecule has 21 heavy (non-hydrogen) atoms. The van der Waals surface area contributed by atoms with Crippen molar-refractivity contribution < 1.29 is 0 Å². The number of aromatic nitrogens is 3. The molecule has 0 saturated heterocycles. The Morgan fingerprint density at radius 3 is 2.43 bits per heavy atom. The van der Waals surface area contributed by atoms with Gasteiger partial charge in [-0.1, -0.05) is 26.7 Å². The Kier molecular flexibility index (Phi) is 4.77. The van der Waals surface area contributed by atoms with Crippen molar-refractivity contribution in [3.63, 3.8) is 0 Å². The van der Waals surface area contributed by atoms with Crippen molar-refractivity contribution in [1.29, 1.82) is 0 Å². The molecule has 0 bridgehead atoms. The highest BCUT2D eigenvalue weighted by molar-refractivity contribution is 5.73. The maximum absolute atomic E-state index is 12.2. The number of aryl methyl sites for hydroxylation is 2. The quantitative estimate of drug-likeness (QED) is 0.845. The lowest BCUT2D eigenvalue weighted by molar-refractivity contribution is 0.603. The van der Waals surface area contributed by atoms with Crippen molar-refractivity contribution in [2.24, 2.45) is 0 Å². The van der Waals surface area contributed by atoms with E-state index in [1.165, 1.54) is 6.07 Å². The van der Waals surface area contributed by atoms with Crippen LogP contribution >= 0.6 is 0 Å². The van der Waals surface area contributed by atoms with Crippen LogP contribution in [0.2, 0.25) is 0 Å². The first kappa shape index (κ1) is 15.3. The lowest BCUT2D eigenvalue weighted by Gasteiger charge is -2.15. The van der Waals surface area contributed by atoms with E-state index >= 15 is 0 Å². The zero-order valence-corrected chi connectivity index (χ0v) is 12.5. The lowest BCUT2D eigenvalue weighted by atomic mass is 10.1. The van der Waals surface area contributed by atoms with Crippen LogP contribution < -0.4 is 16.7 Å². The summed E-state index contributed by atoms with van der Waals surface area (Å²) in [6, 6.07) is 1.53. The molecule has 0 radical (unpaired) electrons. The number of rotatable bonds is 6. The standard InChI is InChI=1S/C15H21N3O3/c1-3-5-7-10-9-11(19)12-13(18(10)8-6-4-2)16-15(21)17-14(12)20/h9H,3-8H2,1-2H3,(H2,16,17,20,21). The third kappa shape index (κ3) is 3.15. The molecular formula is C15H21N3O3. The number of unbranched alkanes of at least 4 members (excludes halogenated alkanes) is 2. The normalized spacial score (nSPS) is 11.1. The highest BCUT2D eigenvalue weighted by Crippen LogP contribution is 2.11. The third-order valence-corrected chi connectivity index (χ3v) is 3.61. The van der Waals surface area contributed by atoms with E-state index < -0.39 is 11.2 Å². The molecule has 2 aromatic heterocycles. The minimum Gasteiger partial charge on any atom is -0.331 e. The number of nitrogens with zero attached hydrogens (tertiary/aromatic N) is 1. The fourth-order valence-corrected chi connectivity index (χ4v) is 2.49. The summed E-state index contributed by atoms with van der Waals surface area (Å²) in [5, 5.41) is 0.0333. The Balaban J connectivity index is 2.75. The Morgan fingerprint density at radius 1 is 1.05 bits per heavy atom. The molecule has 0 aliphatic heterocycles. The van der Waals surface area contributed by atoms with Gasteiger partial charge in [0.05, 0.1) is 0 Å². The molecule has 0 aliphatic carbocycles. The molecular weight excluding hydrogens is 270 g/mol. The van der Waals surface area contributed by atoms with E-state index in [0.29, 0.717) is 12.2 Å². The topological polar surface area (TPSA) is 87.7 Å². The number of aromatic amines is 2. The van der Waals surface area contributed by atoms with E-state index in [4.69, 9.17) is 0 Å². The van der Waals surface area contributed by atoms with Crippen LogP contribution in [0.3, 0.4) is 0 Å². The predicted octanol–water partition coefficient (Wildman–Crippen LogP) is 1.52. The molecule has 2 aromatic rings. The SMILES string of the molecule is CCCCc1cc(=O)c2c(=O)[nH]c(=O)[nH]c2n1CCCC. The van der Waals surface area contributed by atoms with Gasteiger partial charge in [0.1, 0.15) is 11.0 Å². The molecule has 6 heteroatoms. The molecule has 2 heterocycles. The van der Waals surface area contributed by atoms with Crippen molar-refractivity contribution in [2.45, 2.75) is 52.5 Å². The average Bonchev–Trinajstić information content (AvgIpc) is 2.43. The van der Waals surface area contributed by atoms with Gasteiger partial charge in [-0.3, -0.25) is 19.6 Å². The van der Waals surface area contributed by atoms with Crippen LogP contribution in [0.15, 0.2) is 20.4 Å². The minimum absolute atomic E-state index is 0.0333. The Bertz CT molecular complexity index is 798. The van der Waals surface area contributed by atoms with Crippen molar-refractivity contribution in [1.82, 2.24) is 14.5 Å². The summed E-state index contributed by atoms with van der Waals surface area (Å²) in [6.45, 7) is 4.85. The van der Waals surface area contributed by atoms with Crippen LogP contribution in [0.5, 0.6) is 0 Å². The van der Waals surface area contributed by atoms with E-state index in [2.05, 4.69) is 23.8 Å². The molecule has 6 nitrogen and oxygen atoms in total. The van der Waals surface area contributed by atoms with Crippen LogP contribution in [0.1, 0.15) is 45.2 Å². The minimum atomic E-state index is -0.619. The maximum Gasteiger partial charge on any atom is 0.327 e. The van der Waals surface area contributed by atoms with Crippen molar-refractivity contribution >= 4 is 11.0 Å². The van der Waals surface area contributed by atoms with Gasteiger partial charge in [-0.05, 0) is 19.3 Å². The predicted molar refractivity (Wildman–Crippen MR) is 83.0 cm³/mol. The van der Waals surface area contributed by atoms with Crippen LogP contribution in [0.4, 0.5) is 0 Å². The average molecular weight is 291 g/mol. The molecule has 0 fully saturated rings. The second-order valence-corrected chi connectivity index (χ2v) is 5.24. The van der Waals surface area contributed by atoms with Crippen molar-refractivity contribution in [2.75, 3.05) is 0 Å². The summed E-state index contributed by atoms with van der Waals surface area (Å²) in [4.78, 5) is 40.3. The number of hydrogen-bond acceptors (Lipinski definition) is 3. The second kappa shape index (κ2) is 6.56. The number of hydrogen-bond donors (Lipinski definition) is 2. The van der Waals surface area contributed by atoms with Gasteiger partial charge in [-0.15, -0.1) is 0 Å². The molecule has 0 aromatic carbocycles. The molecule has 114 valence electrons. The fourth-order valence-electron chi connectivity index (χ4n) is 2.49. The maximum atomic E-state index is 12.2. The van der Waals surface area contributed by atoms with Gasteiger partial charge >= 0.3 is 5.69 Å². The molecule has 0 saturated carbocycles. The van der Waals surface area contributed by atoms with Crippen LogP contribution in [-0.2, 0) is 13.0 Å². The zero-order valence-electron chi connectivity index (χ0n) is 12.5. The monoisotopic (exact) mass is 291 g/mol. The highest BCUT2D eigenvalue weighted by Gasteiger charge is 2.12. The number of nitrogens with one attached hydrogen (secondary N) is 2. The summed E-state index contributed by atoms with van der Waals surface area (Å²) >= 11 is 0. The van der Waals surface area contributed by atoms with E-state index in [0.717, 1.165) is 37.8 Å². The van der Waals surface area contributed by atoms with E-state index in [-0.39, 0.29) is 10.8 Å². The van der Waals surface area contributed by atoms with Gasteiger partial charge in [0.15, 0.2) is 5.43 Å². The molecule has 0 unspecified atom stereocenters. The first-order chi connectivity index (χ1) is 10.1. The Labute approximate surface area is 121 Å². The van der Waals surface area contributed by atoms with Gasteiger partial charge in [0.2, 0.25) is 0 Å². The van der Waals surface area contributed by atoms with E-state index in [9.17, 15) is 14.4 Å². The van der Waals surface area contributed by atoms with Gasteiger partial charge < -0.3 is 4.57 Å². The summed E-state index contributed by atoms with van der Waals surface area (Å²) in [5.41, 5.74) is -0.308. The fraction of sp³-hybridized carbons (Fsp3) is 0.533. The zero-order chi connectivity index (χ0) is 15.4. The summed E-state index contributed by atoms with van der Waals surface area (Å²) in [7, 11) is 0. The largest absolute Gasteiger partial charge is 0.331 e. The molecule has 0 amide bonds. The third-order valence-electron chi connectivity index (χ3n) is 3.61. The first-order valence-electron chi connectivity index (χ1n) is 7.47. The van der Waals surface area contributed by atoms with Gasteiger partial charge in [0, 0.05) is 18.3 Å². The molecule has 0 spiro atoms. The van der Waals surface area contributed by atoms with Crippen molar-refractivity contribution in [3.8, 4) is 0 Å². The number of fused-ring (bicyclic) bond motifs is 1. The molecule has 0 aliphatic rings. The van der Waals surface area contributed by atoms with Crippen LogP contribution in [0, 0.1) is 0 Å². The van der Waals surface area contributed by atoms with Crippen LogP contribution in [0.25, 0.3) is 11.0 Å². The molecule has 2 rings (SSSR count). The molecule has 0 atom stereocenters. The Hall–Kier alpha value is -2.11. The molecule has 2 N–H and O–H groups in total. The van der Waals surface area contributed by atoms with Gasteiger partial charge in [-0.2, -0.15) is 0 Å². The first-order valence-corrected chi connectivity index (χ1v) is 7.47. The summed E-state index contributed by atoms with van der Waals surface area (Å²) < 4.78 is 1.91. The second-order valence-electron chi connectivity index (χ2n) is 5.24. The van der Waals surface area contributed by atoms with E-state index in [1.807, 2.05) is 4.57 Å². The summed E-state index contributed by atoms with van der Waals surface area (Å²) in [5.74, 6) is 0. The van der Waals surface area contributed by atoms with E-state index in [1.54, 1.807) is 0 Å². The van der Waals surface area contributed by atoms with Gasteiger partial charge in [0.25, 0.3) is 5.56 Å².